The van der Waals surface area contributed by atoms with Gasteiger partial charge in [0.1, 0.15) is 0 Å². The third-order valence-electron chi connectivity index (χ3n) is 4.56. The lowest BCUT2D eigenvalue weighted by Crippen LogP contribution is -2.60. The van der Waals surface area contributed by atoms with Crippen molar-refractivity contribution in [1.29, 1.82) is 0 Å². The molecule has 2 rings (SSSR count). The van der Waals surface area contributed by atoms with E-state index in [0.29, 0.717) is 12.1 Å². The molecule has 1 aliphatic rings. The van der Waals surface area contributed by atoms with Crippen LogP contribution < -0.4 is 5.32 Å². The van der Waals surface area contributed by atoms with Crippen LogP contribution in [0.1, 0.15) is 45.5 Å². The number of rotatable bonds is 6. The molecule has 0 radical (unpaired) electrons. The molecule has 1 aromatic rings. The summed E-state index contributed by atoms with van der Waals surface area (Å²) in [6.45, 7) is 10.4. The van der Waals surface area contributed by atoms with Crippen LogP contribution in [0.4, 0.5) is 0 Å². The van der Waals surface area contributed by atoms with Crippen LogP contribution in [0.3, 0.4) is 0 Å². The molecule has 0 bridgehead atoms. The Kier molecular flexibility index (Phi) is 4.92. The van der Waals surface area contributed by atoms with Crippen molar-refractivity contribution >= 4 is 15.9 Å². The van der Waals surface area contributed by atoms with Crippen molar-refractivity contribution in [2.24, 2.45) is 12.5 Å². The maximum absolute atomic E-state index is 5.78. The zero-order chi connectivity index (χ0) is 14.9. The molecule has 20 heavy (non-hydrogen) atoms. The highest BCUT2D eigenvalue weighted by molar-refractivity contribution is 9.10. The van der Waals surface area contributed by atoms with Crippen molar-refractivity contribution < 1.29 is 4.74 Å². The van der Waals surface area contributed by atoms with Crippen molar-refractivity contribution in [2.45, 2.75) is 59.2 Å². The number of ether oxygens (including phenoxy) is 1. The Morgan fingerprint density at radius 3 is 2.65 bits per heavy atom. The molecule has 0 amide bonds. The molecule has 1 saturated carbocycles. The standard InChI is InChI=1S/C15H26BrN3O/c1-6-10-14(16)11(19(5)18-10)9-17-12-8-13(20-7-2)15(12,3)4/h12-13,17H,6-9H2,1-5H3. The van der Waals surface area contributed by atoms with E-state index in [1.165, 1.54) is 5.69 Å². The summed E-state index contributed by atoms with van der Waals surface area (Å²) in [5.41, 5.74) is 2.55. The summed E-state index contributed by atoms with van der Waals surface area (Å²) in [7, 11) is 2.01. The van der Waals surface area contributed by atoms with Crippen LogP contribution in [0.5, 0.6) is 0 Å². The largest absolute Gasteiger partial charge is 0.378 e. The molecule has 0 aliphatic heterocycles. The van der Waals surface area contributed by atoms with Gasteiger partial charge in [0, 0.05) is 31.7 Å². The van der Waals surface area contributed by atoms with Gasteiger partial charge >= 0.3 is 0 Å². The summed E-state index contributed by atoms with van der Waals surface area (Å²) in [6.07, 6.45) is 2.43. The second kappa shape index (κ2) is 6.16. The molecule has 4 nitrogen and oxygen atoms in total. The maximum Gasteiger partial charge on any atom is 0.0767 e. The van der Waals surface area contributed by atoms with Crippen molar-refractivity contribution in [3.8, 4) is 0 Å². The molecular weight excluding hydrogens is 318 g/mol. The van der Waals surface area contributed by atoms with Gasteiger partial charge < -0.3 is 10.1 Å². The number of nitrogens with zero attached hydrogens (tertiary/aromatic N) is 2. The van der Waals surface area contributed by atoms with Crippen LogP contribution in [0.2, 0.25) is 0 Å². The predicted octanol–water partition coefficient (Wildman–Crippen LogP) is 3.04. The highest BCUT2D eigenvalue weighted by Gasteiger charge is 2.48. The molecule has 0 saturated heterocycles. The molecule has 1 aliphatic carbocycles. The quantitative estimate of drug-likeness (QED) is 0.862. The summed E-state index contributed by atoms with van der Waals surface area (Å²) in [5, 5.41) is 8.20. The van der Waals surface area contributed by atoms with Gasteiger partial charge in [0.15, 0.2) is 0 Å². The number of halogens is 1. The summed E-state index contributed by atoms with van der Waals surface area (Å²) in [6, 6.07) is 0.505. The molecule has 1 aromatic heterocycles. The minimum atomic E-state index is 0.203. The monoisotopic (exact) mass is 343 g/mol. The first-order valence-electron chi connectivity index (χ1n) is 7.47. The third-order valence-corrected chi connectivity index (χ3v) is 5.48. The number of nitrogens with one attached hydrogen (secondary N) is 1. The Morgan fingerprint density at radius 2 is 2.15 bits per heavy atom. The first-order chi connectivity index (χ1) is 9.41. The van der Waals surface area contributed by atoms with Gasteiger partial charge in [-0.2, -0.15) is 5.10 Å². The van der Waals surface area contributed by atoms with E-state index < -0.39 is 0 Å². The van der Waals surface area contributed by atoms with Crippen LogP contribution in [0.15, 0.2) is 4.47 Å². The van der Waals surface area contributed by atoms with Crippen molar-refractivity contribution in [3.05, 3.63) is 15.9 Å². The molecule has 1 fully saturated rings. The van der Waals surface area contributed by atoms with Gasteiger partial charge in [0.05, 0.1) is 22.0 Å². The van der Waals surface area contributed by atoms with E-state index in [1.54, 1.807) is 0 Å². The zero-order valence-electron chi connectivity index (χ0n) is 13.2. The van der Waals surface area contributed by atoms with E-state index in [2.05, 4.69) is 54.0 Å². The maximum atomic E-state index is 5.78. The minimum Gasteiger partial charge on any atom is -0.378 e. The molecule has 0 aromatic carbocycles. The van der Waals surface area contributed by atoms with Gasteiger partial charge in [-0.15, -0.1) is 0 Å². The second-order valence-electron chi connectivity index (χ2n) is 6.12. The summed E-state index contributed by atoms with van der Waals surface area (Å²) < 4.78 is 8.90. The fourth-order valence-corrected chi connectivity index (χ4v) is 3.70. The van der Waals surface area contributed by atoms with Crippen LogP contribution in [-0.4, -0.2) is 28.5 Å². The van der Waals surface area contributed by atoms with Crippen LogP contribution in [0, 0.1) is 5.41 Å². The Balaban J connectivity index is 1.96. The van der Waals surface area contributed by atoms with E-state index in [1.807, 2.05) is 11.7 Å². The first kappa shape index (κ1) is 16.0. The highest BCUT2D eigenvalue weighted by Crippen LogP contribution is 2.42. The lowest BCUT2D eigenvalue weighted by Gasteiger charge is -2.52. The Hall–Kier alpha value is -0.390. The zero-order valence-corrected chi connectivity index (χ0v) is 14.7. The average molecular weight is 344 g/mol. The Labute approximate surface area is 130 Å². The summed E-state index contributed by atoms with van der Waals surface area (Å²) >= 11 is 3.67. The molecule has 2 unspecified atom stereocenters. The van der Waals surface area contributed by atoms with E-state index in [-0.39, 0.29) is 5.41 Å². The minimum absolute atomic E-state index is 0.203. The van der Waals surface area contributed by atoms with Gasteiger partial charge in [0.2, 0.25) is 0 Å². The molecule has 5 heteroatoms. The lowest BCUT2D eigenvalue weighted by molar-refractivity contribution is -0.114. The first-order valence-corrected chi connectivity index (χ1v) is 8.26. The topological polar surface area (TPSA) is 39.1 Å². The van der Waals surface area contributed by atoms with Crippen molar-refractivity contribution in [1.82, 2.24) is 15.1 Å². The molecule has 1 heterocycles. The molecule has 1 N–H and O–H groups in total. The average Bonchev–Trinajstić information content (AvgIpc) is 2.68. The fourth-order valence-electron chi connectivity index (χ4n) is 2.95. The van der Waals surface area contributed by atoms with E-state index in [0.717, 1.165) is 36.2 Å². The van der Waals surface area contributed by atoms with Gasteiger partial charge in [-0.1, -0.05) is 20.8 Å². The van der Waals surface area contributed by atoms with Gasteiger partial charge in [-0.3, -0.25) is 4.68 Å². The number of hydrogen-bond donors (Lipinski definition) is 1. The fraction of sp³-hybridized carbons (Fsp3) is 0.800. The molecule has 2 atom stereocenters. The van der Waals surface area contributed by atoms with Crippen molar-refractivity contribution in [3.63, 3.8) is 0 Å². The van der Waals surface area contributed by atoms with Gasteiger partial charge in [-0.05, 0) is 35.7 Å². The van der Waals surface area contributed by atoms with Crippen LogP contribution >= 0.6 is 15.9 Å². The van der Waals surface area contributed by atoms with Gasteiger partial charge in [0.25, 0.3) is 0 Å². The van der Waals surface area contributed by atoms with Crippen LogP contribution in [0.25, 0.3) is 0 Å². The predicted molar refractivity (Wildman–Crippen MR) is 84.7 cm³/mol. The normalized spacial score (nSPS) is 24.7. The number of aromatic nitrogens is 2. The molecule has 0 spiro atoms. The second-order valence-corrected chi connectivity index (χ2v) is 6.91. The number of aryl methyl sites for hydroxylation is 2. The lowest BCUT2D eigenvalue weighted by atomic mass is 9.64. The summed E-state index contributed by atoms with van der Waals surface area (Å²) in [5.74, 6) is 0. The van der Waals surface area contributed by atoms with E-state index in [4.69, 9.17) is 4.74 Å². The SMILES string of the molecule is CCOC1CC(NCc2c(Br)c(CC)nn2C)C1(C)C. The Morgan fingerprint density at radius 1 is 1.45 bits per heavy atom. The van der Waals surface area contributed by atoms with Crippen molar-refractivity contribution in [2.75, 3.05) is 6.61 Å². The summed E-state index contributed by atoms with van der Waals surface area (Å²) in [4.78, 5) is 0. The van der Waals surface area contributed by atoms with E-state index in [9.17, 15) is 0 Å². The van der Waals surface area contributed by atoms with E-state index >= 15 is 0 Å². The van der Waals surface area contributed by atoms with Crippen LogP contribution in [-0.2, 0) is 24.8 Å². The number of hydrogen-bond acceptors (Lipinski definition) is 3. The highest BCUT2D eigenvalue weighted by atomic mass is 79.9. The van der Waals surface area contributed by atoms with Gasteiger partial charge in [-0.25, -0.2) is 0 Å². The third kappa shape index (κ3) is 2.81. The Bertz CT molecular complexity index is 470. The molecular formula is C15H26BrN3O. The smallest absolute Gasteiger partial charge is 0.0767 e. The molecule has 114 valence electrons.